The van der Waals surface area contributed by atoms with Crippen molar-refractivity contribution in [3.8, 4) is 23.0 Å². The first-order valence-electron chi connectivity index (χ1n) is 13.7. The van der Waals surface area contributed by atoms with Gasteiger partial charge in [-0.2, -0.15) is 0 Å². The lowest BCUT2D eigenvalue weighted by atomic mass is 10.2. The largest absolute Gasteiger partial charge is 0.489 e. The minimum Gasteiger partial charge on any atom is -0.489 e. The fourth-order valence-electron chi connectivity index (χ4n) is 4.06. The summed E-state index contributed by atoms with van der Waals surface area (Å²) in [7, 11) is 0. The Morgan fingerprint density at radius 1 is 0.535 bits per heavy atom. The highest BCUT2D eigenvalue weighted by atomic mass is 16.5. The van der Waals surface area contributed by atoms with Crippen LogP contribution in [-0.2, 0) is 22.8 Å². The molecule has 0 aliphatic heterocycles. The molecule has 8 heteroatoms. The van der Waals surface area contributed by atoms with Crippen LogP contribution in [0.15, 0.2) is 122 Å². The lowest BCUT2D eigenvalue weighted by Crippen LogP contribution is -2.22. The molecule has 0 atom stereocenters. The Balaban J connectivity index is 1.34. The molecule has 2 amide bonds. The molecule has 0 unspecified atom stereocenters. The molecule has 0 radical (unpaired) electrons. The number of hydrogen-bond acceptors (Lipinski definition) is 6. The van der Waals surface area contributed by atoms with Crippen LogP contribution < -0.4 is 29.6 Å². The van der Waals surface area contributed by atoms with Crippen LogP contribution in [0.2, 0.25) is 0 Å². The number of anilines is 2. The van der Waals surface area contributed by atoms with Gasteiger partial charge in [-0.3, -0.25) is 9.59 Å². The van der Waals surface area contributed by atoms with E-state index in [1.807, 2.05) is 48.5 Å². The van der Waals surface area contributed by atoms with Crippen molar-refractivity contribution >= 4 is 23.2 Å². The van der Waals surface area contributed by atoms with Crippen LogP contribution in [0.25, 0.3) is 0 Å². The third kappa shape index (κ3) is 9.26. The number of benzene rings is 4. The third-order valence-electron chi connectivity index (χ3n) is 6.07. The number of ether oxygens (including phenoxy) is 4. The van der Waals surface area contributed by atoms with Crippen molar-refractivity contribution in [2.45, 2.75) is 19.6 Å². The molecule has 8 nitrogen and oxygen atoms in total. The first kappa shape index (κ1) is 30.5. The van der Waals surface area contributed by atoms with Crippen LogP contribution in [0, 0.1) is 0 Å². The molecule has 0 bridgehead atoms. The molecule has 0 spiro atoms. The van der Waals surface area contributed by atoms with Crippen LogP contribution in [0.1, 0.15) is 17.5 Å². The summed E-state index contributed by atoms with van der Waals surface area (Å²) in [6, 6.07) is 29.2. The number of carbonyl (C=O) groups is 2. The second kappa shape index (κ2) is 16.1. The summed E-state index contributed by atoms with van der Waals surface area (Å²) < 4.78 is 23.4. The number of hydrogen-bond donors (Lipinski definition) is 2. The second-order valence-corrected chi connectivity index (χ2v) is 9.26. The average Bonchev–Trinajstić information content (AvgIpc) is 3.02. The summed E-state index contributed by atoms with van der Waals surface area (Å²) in [5.41, 5.74) is 2.59. The maximum absolute atomic E-state index is 12.8. The number of amides is 2. The Kier molecular flexibility index (Phi) is 11.4. The predicted molar refractivity (Wildman–Crippen MR) is 168 cm³/mol. The van der Waals surface area contributed by atoms with Gasteiger partial charge in [-0.1, -0.05) is 86.0 Å². The third-order valence-corrected chi connectivity index (χ3v) is 6.07. The van der Waals surface area contributed by atoms with Gasteiger partial charge in [-0.25, -0.2) is 0 Å². The molecule has 2 N–H and O–H groups in total. The molecule has 0 fully saturated rings. The maximum atomic E-state index is 12.8. The summed E-state index contributed by atoms with van der Waals surface area (Å²) in [5, 5.41) is 5.55. The quantitative estimate of drug-likeness (QED) is 0.110. The van der Waals surface area contributed by atoms with E-state index < -0.39 is 18.2 Å². The van der Waals surface area contributed by atoms with E-state index in [0.29, 0.717) is 47.6 Å². The van der Waals surface area contributed by atoms with Gasteiger partial charge in [0.05, 0.1) is 11.4 Å². The smallest absolute Gasteiger partial charge is 0.233 e. The van der Waals surface area contributed by atoms with Crippen molar-refractivity contribution in [2.75, 3.05) is 23.8 Å². The van der Waals surface area contributed by atoms with Crippen LogP contribution >= 0.6 is 0 Å². The van der Waals surface area contributed by atoms with E-state index in [4.69, 9.17) is 18.9 Å². The van der Waals surface area contributed by atoms with Crippen molar-refractivity contribution < 1.29 is 28.5 Å². The molecular formula is C35H34N2O6. The molecule has 0 aliphatic carbocycles. The summed E-state index contributed by atoms with van der Waals surface area (Å²) in [5.74, 6) is 1.33. The van der Waals surface area contributed by atoms with E-state index in [9.17, 15) is 9.59 Å². The lowest BCUT2D eigenvalue weighted by molar-refractivity contribution is -0.123. The average molecular weight is 579 g/mol. The molecule has 0 saturated carbocycles. The minimum atomic E-state index is -0.491. The maximum Gasteiger partial charge on any atom is 0.233 e. The highest BCUT2D eigenvalue weighted by molar-refractivity contribution is 6.08. The van der Waals surface area contributed by atoms with E-state index >= 15 is 0 Å². The molecule has 43 heavy (non-hydrogen) atoms. The van der Waals surface area contributed by atoms with Crippen molar-refractivity contribution in [1.29, 1.82) is 0 Å². The Hall–Kier alpha value is -5.50. The number of nitrogens with one attached hydrogen (secondary N) is 2. The predicted octanol–water partition coefficient (Wildman–Crippen LogP) is 6.94. The highest BCUT2D eigenvalue weighted by Crippen LogP contribution is 2.29. The Bertz CT molecular complexity index is 1440. The molecule has 4 aromatic carbocycles. The molecular weight excluding hydrogens is 544 g/mol. The molecule has 0 aliphatic rings. The Morgan fingerprint density at radius 3 is 1.33 bits per heavy atom. The molecule has 220 valence electrons. The van der Waals surface area contributed by atoms with E-state index in [1.54, 1.807) is 60.7 Å². The van der Waals surface area contributed by atoms with E-state index in [1.165, 1.54) is 0 Å². The zero-order valence-corrected chi connectivity index (χ0v) is 23.8. The van der Waals surface area contributed by atoms with Gasteiger partial charge >= 0.3 is 0 Å². The number of rotatable bonds is 16. The van der Waals surface area contributed by atoms with Gasteiger partial charge in [0, 0.05) is 11.1 Å². The van der Waals surface area contributed by atoms with Crippen molar-refractivity contribution in [1.82, 2.24) is 0 Å². The normalized spacial score (nSPS) is 10.2. The van der Waals surface area contributed by atoms with E-state index in [0.717, 1.165) is 11.1 Å². The van der Waals surface area contributed by atoms with E-state index in [2.05, 4.69) is 23.8 Å². The van der Waals surface area contributed by atoms with Gasteiger partial charge in [0.1, 0.15) is 55.8 Å². The van der Waals surface area contributed by atoms with Crippen molar-refractivity contribution in [3.05, 3.63) is 133 Å². The van der Waals surface area contributed by atoms with Crippen LogP contribution in [-0.4, -0.2) is 25.0 Å². The van der Waals surface area contributed by atoms with Crippen LogP contribution in [0.4, 0.5) is 11.4 Å². The standard InChI is InChI=1S/C35H34N2O6/c1-3-21-40-30-17-9-5-13-26(30)24-42-32-19-11-7-15-28(32)36-34(38)23-35(39)37-29-16-8-12-20-33(29)43-25-27-14-6-10-18-31(27)41-22-4-2/h3-20H,1-2,21-25H2,(H,36,38)(H,37,39). The zero-order valence-electron chi connectivity index (χ0n) is 23.8. The van der Waals surface area contributed by atoms with Gasteiger partial charge in [0.2, 0.25) is 11.8 Å². The van der Waals surface area contributed by atoms with Crippen molar-refractivity contribution in [3.63, 3.8) is 0 Å². The van der Waals surface area contributed by atoms with Gasteiger partial charge < -0.3 is 29.6 Å². The summed E-state index contributed by atoms with van der Waals surface area (Å²) in [6.45, 7) is 8.56. The molecule has 0 saturated heterocycles. The molecule has 0 aromatic heterocycles. The monoisotopic (exact) mass is 578 g/mol. The summed E-state index contributed by atoms with van der Waals surface area (Å²) >= 11 is 0. The van der Waals surface area contributed by atoms with Gasteiger partial charge in [0.15, 0.2) is 0 Å². The SMILES string of the molecule is C=CCOc1ccccc1COc1ccccc1NC(=O)CC(=O)Nc1ccccc1OCc1ccccc1OCC=C. The first-order valence-corrected chi connectivity index (χ1v) is 13.7. The molecule has 0 heterocycles. The first-order chi connectivity index (χ1) is 21.1. The van der Waals surface area contributed by atoms with Gasteiger partial charge in [-0.15, -0.1) is 0 Å². The fraction of sp³-hybridized carbons (Fsp3) is 0.143. The second-order valence-electron chi connectivity index (χ2n) is 9.26. The molecule has 4 aromatic rings. The zero-order chi connectivity index (χ0) is 30.3. The van der Waals surface area contributed by atoms with Crippen LogP contribution in [0.5, 0.6) is 23.0 Å². The van der Waals surface area contributed by atoms with Gasteiger partial charge in [-0.05, 0) is 36.4 Å². The summed E-state index contributed by atoms with van der Waals surface area (Å²) in [4.78, 5) is 25.6. The minimum absolute atomic E-state index is 0.225. The van der Waals surface area contributed by atoms with Crippen molar-refractivity contribution in [2.24, 2.45) is 0 Å². The van der Waals surface area contributed by atoms with E-state index in [-0.39, 0.29) is 13.2 Å². The molecule has 4 rings (SSSR count). The Morgan fingerprint density at radius 2 is 0.907 bits per heavy atom. The number of para-hydroxylation sites is 6. The topological polar surface area (TPSA) is 95.1 Å². The number of carbonyl (C=O) groups excluding carboxylic acids is 2. The Labute approximate surface area is 251 Å². The lowest BCUT2D eigenvalue weighted by Gasteiger charge is -2.15. The van der Waals surface area contributed by atoms with Crippen LogP contribution in [0.3, 0.4) is 0 Å². The summed E-state index contributed by atoms with van der Waals surface area (Å²) in [6.07, 6.45) is 2.94. The highest BCUT2D eigenvalue weighted by Gasteiger charge is 2.15. The van der Waals surface area contributed by atoms with Gasteiger partial charge in [0.25, 0.3) is 0 Å². The fourth-order valence-corrected chi connectivity index (χ4v) is 4.06.